The highest BCUT2D eigenvalue weighted by atomic mass is 32.2. The van der Waals surface area contributed by atoms with Crippen LogP contribution in [0.2, 0.25) is 0 Å². The van der Waals surface area contributed by atoms with Crippen LogP contribution < -0.4 is 14.4 Å². The molecule has 0 aliphatic carbocycles. The minimum Gasteiger partial charge on any atom is -0.497 e. The number of hydrogen-bond donors (Lipinski definition) is 1. The molecule has 8 nitrogen and oxygen atoms in total. The van der Waals surface area contributed by atoms with Crippen LogP contribution in [-0.2, 0) is 32.6 Å². The van der Waals surface area contributed by atoms with Crippen molar-refractivity contribution in [1.29, 1.82) is 0 Å². The Morgan fingerprint density at radius 1 is 0.804 bits per heavy atom. The van der Waals surface area contributed by atoms with Crippen LogP contribution in [0, 0.1) is 19.8 Å². The van der Waals surface area contributed by atoms with Gasteiger partial charge in [0.1, 0.15) is 18.3 Å². The van der Waals surface area contributed by atoms with Gasteiger partial charge in [0.25, 0.3) is 10.0 Å². The van der Waals surface area contributed by atoms with E-state index >= 15 is 0 Å². The van der Waals surface area contributed by atoms with Crippen molar-refractivity contribution in [2.45, 2.75) is 51.6 Å². The molecule has 0 aliphatic heterocycles. The molecule has 4 aromatic rings. The summed E-state index contributed by atoms with van der Waals surface area (Å²) in [4.78, 5) is 30.0. The molecule has 0 aliphatic rings. The predicted molar refractivity (Wildman–Crippen MR) is 182 cm³/mol. The molecule has 4 rings (SSSR count). The highest BCUT2D eigenvalue weighted by Crippen LogP contribution is 2.26. The van der Waals surface area contributed by atoms with E-state index in [2.05, 4.69) is 5.32 Å². The number of anilines is 1. The first kappa shape index (κ1) is 34.2. The first-order valence-corrected chi connectivity index (χ1v) is 16.8. The summed E-state index contributed by atoms with van der Waals surface area (Å²) in [5.41, 5.74) is 3.83. The Kier molecular flexibility index (Phi) is 11.6. The summed E-state index contributed by atoms with van der Waals surface area (Å²) < 4.78 is 34.9. The number of carbonyl (C=O) groups is 2. The molecule has 242 valence electrons. The average molecular weight is 642 g/mol. The Hall–Kier alpha value is -4.63. The summed E-state index contributed by atoms with van der Waals surface area (Å²) in [5, 5.41) is 3.01. The van der Waals surface area contributed by atoms with E-state index in [0.717, 1.165) is 26.6 Å². The number of hydrogen-bond acceptors (Lipinski definition) is 5. The molecule has 0 heterocycles. The third-order valence-electron chi connectivity index (χ3n) is 7.65. The Labute approximate surface area is 273 Å². The Balaban J connectivity index is 1.80. The van der Waals surface area contributed by atoms with E-state index in [1.54, 1.807) is 49.6 Å². The molecule has 0 spiro atoms. The number of sulfonamides is 1. The van der Waals surface area contributed by atoms with Crippen LogP contribution in [0.1, 0.15) is 36.1 Å². The maximum absolute atomic E-state index is 14.6. The van der Waals surface area contributed by atoms with E-state index in [0.29, 0.717) is 18.0 Å². The van der Waals surface area contributed by atoms with E-state index in [-0.39, 0.29) is 29.7 Å². The van der Waals surface area contributed by atoms with E-state index < -0.39 is 28.5 Å². The maximum atomic E-state index is 14.6. The minimum atomic E-state index is -4.16. The van der Waals surface area contributed by atoms with E-state index in [1.165, 1.54) is 4.90 Å². The van der Waals surface area contributed by atoms with E-state index in [9.17, 15) is 18.0 Å². The molecule has 0 radical (unpaired) electrons. The summed E-state index contributed by atoms with van der Waals surface area (Å²) in [5.74, 6) is -0.0191. The summed E-state index contributed by atoms with van der Waals surface area (Å²) in [7, 11) is -2.59. The van der Waals surface area contributed by atoms with Crippen LogP contribution in [0.25, 0.3) is 0 Å². The van der Waals surface area contributed by atoms with Crippen LogP contribution in [0.3, 0.4) is 0 Å². The average Bonchev–Trinajstić information content (AvgIpc) is 3.05. The second kappa shape index (κ2) is 15.6. The van der Waals surface area contributed by atoms with Gasteiger partial charge in [0.15, 0.2) is 0 Å². The Morgan fingerprint density at radius 3 is 2.02 bits per heavy atom. The molecule has 0 aromatic heterocycles. The number of rotatable bonds is 14. The predicted octanol–water partition coefficient (Wildman–Crippen LogP) is 5.92. The molecule has 9 heteroatoms. The van der Waals surface area contributed by atoms with Gasteiger partial charge < -0.3 is 15.0 Å². The number of amides is 2. The van der Waals surface area contributed by atoms with Crippen LogP contribution in [0.4, 0.5) is 5.69 Å². The van der Waals surface area contributed by atoms with Crippen molar-refractivity contribution in [3.8, 4) is 5.75 Å². The van der Waals surface area contributed by atoms with E-state index in [4.69, 9.17) is 4.74 Å². The molecule has 4 aromatic carbocycles. The second-order valence-corrected chi connectivity index (χ2v) is 13.7. The summed E-state index contributed by atoms with van der Waals surface area (Å²) >= 11 is 0. The van der Waals surface area contributed by atoms with Crippen molar-refractivity contribution in [2.75, 3.05) is 24.5 Å². The number of nitrogens with one attached hydrogen (secondary N) is 1. The molecular formula is C37H43N3O5S. The van der Waals surface area contributed by atoms with Gasteiger partial charge in [-0.1, -0.05) is 91.7 Å². The lowest BCUT2D eigenvalue weighted by molar-refractivity contribution is -0.140. The number of nitrogens with zero attached hydrogens (tertiary/aromatic N) is 2. The highest BCUT2D eigenvalue weighted by Gasteiger charge is 2.34. The molecule has 0 bridgehead atoms. The molecule has 1 N–H and O–H groups in total. The molecule has 0 saturated carbocycles. The number of benzene rings is 4. The topological polar surface area (TPSA) is 96.0 Å². The van der Waals surface area contributed by atoms with Crippen LogP contribution in [0.15, 0.2) is 108 Å². The maximum Gasteiger partial charge on any atom is 0.264 e. The summed E-state index contributed by atoms with van der Waals surface area (Å²) in [6, 6.07) is 29.4. The van der Waals surface area contributed by atoms with Crippen molar-refractivity contribution >= 4 is 27.5 Å². The van der Waals surface area contributed by atoms with Crippen molar-refractivity contribution in [3.05, 3.63) is 125 Å². The fourth-order valence-corrected chi connectivity index (χ4v) is 6.44. The SMILES string of the molecule is COc1cccc(CN(C(=O)CN(c2ccc(C)cc2)S(=O)(=O)c2ccc(C)cc2)[C@H](Cc2ccccc2)C(=O)NCC(C)C)c1. The number of aryl methyl sites for hydroxylation is 2. The lowest BCUT2D eigenvalue weighted by Gasteiger charge is -2.34. The van der Waals surface area contributed by atoms with Gasteiger partial charge in [-0.25, -0.2) is 8.42 Å². The molecule has 46 heavy (non-hydrogen) atoms. The summed E-state index contributed by atoms with van der Waals surface area (Å²) in [6.45, 7) is 7.78. The first-order chi connectivity index (χ1) is 22.0. The summed E-state index contributed by atoms with van der Waals surface area (Å²) in [6.07, 6.45) is 0.246. The van der Waals surface area contributed by atoms with Gasteiger partial charge in [0.05, 0.1) is 17.7 Å². The van der Waals surface area contributed by atoms with Gasteiger partial charge in [-0.3, -0.25) is 13.9 Å². The molecule has 0 saturated heterocycles. The van der Waals surface area contributed by atoms with Gasteiger partial charge >= 0.3 is 0 Å². The van der Waals surface area contributed by atoms with Gasteiger partial charge in [-0.15, -0.1) is 0 Å². The normalized spacial score (nSPS) is 12.0. The molecule has 1 atom stereocenters. The first-order valence-electron chi connectivity index (χ1n) is 15.4. The van der Waals surface area contributed by atoms with Crippen LogP contribution in [-0.4, -0.2) is 51.4 Å². The van der Waals surface area contributed by atoms with Crippen molar-refractivity contribution in [1.82, 2.24) is 10.2 Å². The van der Waals surface area contributed by atoms with E-state index in [1.807, 2.05) is 88.4 Å². The highest BCUT2D eigenvalue weighted by molar-refractivity contribution is 7.92. The quantitative estimate of drug-likeness (QED) is 0.185. The lowest BCUT2D eigenvalue weighted by atomic mass is 10.0. The standard InChI is InChI=1S/C37H43N3O5S/c1-27(2)24-38-37(42)35(23-30-10-7-6-8-11-30)39(25-31-12-9-13-33(22-31)45-5)36(41)26-40(32-18-14-28(3)15-19-32)46(43,44)34-20-16-29(4)17-21-34/h6-22,27,35H,23-26H2,1-5H3,(H,38,42)/t35-/m1/s1. The molecular weight excluding hydrogens is 598 g/mol. The third-order valence-corrected chi connectivity index (χ3v) is 9.44. The number of ether oxygens (including phenoxy) is 1. The minimum absolute atomic E-state index is 0.0644. The van der Waals surface area contributed by atoms with Gasteiger partial charge in [0, 0.05) is 19.5 Å². The Morgan fingerprint density at radius 2 is 1.41 bits per heavy atom. The number of carbonyl (C=O) groups excluding carboxylic acids is 2. The fraction of sp³-hybridized carbons (Fsp3) is 0.297. The zero-order chi connectivity index (χ0) is 33.3. The zero-order valence-corrected chi connectivity index (χ0v) is 28.0. The van der Waals surface area contributed by atoms with Gasteiger partial charge in [-0.2, -0.15) is 0 Å². The zero-order valence-electron chi connectivity index (χ0n) is 27.1. The van der Waals surface area contributed by atoms with Crippen molar-refractivity contribution < 1.29 is 22.7 Å². The number of methoxy groups -OCH3 is 1. The molecule has 0 unspecified atom stereocenters. The Bertz CT molecular complexity index is 1710. The van der Waals surface area contributed by atoms with Crippen LogP contribution >= 0.6 is 0 Å². The fourth-order valence-electron chi connectivity index (χ4n) is 5.02. The van der Waals surface area contributed by atoms with Crippen molar-refractivity contribution in [2.24, 2.45) is 5.92 Å². The smallest absolute Gasteiger partial charge is 0.264 e. The second-order valence-electron chi connectivity index (χ2n) is 11.9. The van der Waals surface area contributed by atoms with Gasteiger partial charge in [0.2, 0.25) is 11.8 Å². The molecule has 0 fully saturated rings. The third kappa shape index (κ3) is 8.97. The molecule has 2 amide bonds. The lowest BCUT2D eigenvalue weighted by Crippen LogP contribution is -2.53. The van der Waals surface area contributed by atoms with Crippen LogP contribution in [0.5, 0.6) is 5.75 Å². The van der Waals surface area contributed by atoms with Gasteiger partial charge in [-0.05, 0) is 67.3 Å². The van der Waals surface area contributed by atoms with Crippen molar-refractivity contribution in [3.63, 3.8) is 0 Å². The monoisotopic (exact) mass is 641 g/mol. The largest absolute Gasteiger partial charge is 0.497 e.